The third-order valence-electron chi connectivity index (χ3n) is 3.40. The number of rotatable bonds is 4. The Labute approximate surface area is 118 Å². The summed E-state index contributed by atoms with van der Waals surface area (Å²) in [5.74, 6) is 1.74. The number of nitrogens with zero attached hydrogens (tertiary/aromatic N) is 1. The zero-order valence-electron chi connectivity index (χ0n) is 11.6. The Morgan fingerprint density at radius 1 is 0.950 bits per heavy atom. The molecule has 0 fully saturated rings. The molecule has 0 amide bonds. The summed E-state index contributed by atoms with van der Waals surface area (Å²) in [4.78, 5) is 0. The van der Waals surface area contributed by atoms with Crippen LogP contribution in [0.1, 0.15) is 5.56 Å². The van der Waals surface area contributed by atoms with E-state index in [1.54, 1.807) is 14.2 Å². The first kappa shape index (κ1) is 12.6. The van der Waals surface area contributed by atoms with Crippen molar-refractivity contribution in [2.75, 3.05) is 14.2 Å². The van der Waals surface area contributed by atoms with Gasteiger partial charge in [0.05, 0.1) is 20.4 Å². The van der Waals surface area contributed by atoms with Gasteiger partial charge in [-0.05, 0) is 42.0 Å². The van der Waals surface area contributed by atoms with Gasteiger partial charge in [0.1, 0.15) is 11.5 Å². The highest BCUT2D eigenvalue weighted by Crippen LogP contribution is 2.22. The smallest absolute Gasteiger partial charge is 0.119 e. The normalized spacial score (nSPS) is 10.7. The van der Waals surface area contributed by atoms with E-state index in [2.05, 4.69) is 29.0 Å². The number of fused-ring (bicyclic) bond motifs is 1. The highest BCUT2D eigenvalue weighted by Gasteiger charge is 2.04. The second-order valence-electron chi connectivity index (χ2n) is 4.63. The molecule has 0 aliphatic carbocycles. The van der Waals surface area contributed by atoms with Crippen molar-refractivity contribution in [2.45, 2.75) is 6.54 Å². The van der Waals surface area contributed by atoms with E-state index in [0.29, 0.717) is 0 Å². The maximum absolute atomic E-state index is 5.24. The molecule has 20 heavy (non-hydrogen) atoms. The number of methoxy groups -OCH3 is 2. The first-order valence-electron chi connectivity index (χ1n) is 6.48. The summed E-state index contributed by atoms with van der Waals surface area (Å²) < 4.78 is 12.5. The van der Waals surface area contributed by atoms with Gasteiger partial charge in [-0.25, -0.2) is 0 Å². The predicted molar refractivity (Wildman–Crippen MR) is 79.4 cm³/mol. The minimum atomic E-state index is 0.791. The molecule has 0 saturated carbocycles. The minimum absolute atomic E-state index is 0.791. The van der Waals surface area contributed by atoms with Crippen molar-refractivity contribution in [3.05, 3.63) is 60.3 Å². The molecule has 0 spiro atoms. The molecule has 0 saturated heterocycles. The number of hydrogen-bond donors (Lipinski definition) is 0. The molecule has 0 unspecified atom stereocenters. The first-order valence-corrected chi connectivity index (χ1v) is 6.48. The summed E-state index contributed by atoms with van der Waals surface area (Å²) in [6, 6.07) is 16.1. The topological polar surface area (TPSA) is 23.4 Å². The molecule has 0 N–H and O–H groups in total. The van der Waals surface area contributed by atoms with Crippen LogP contribution in [0.15, 0.2) is 48.5 Å². The molecular formula is C17H16NO2. The highest BCUT2D eigenvalue weighted by atomic mass is 16.5. The number of ether oxygens (including phenoxy) is 2. The van der Waals surface area contributed by atoms with Crippen molar-refractivity contribution in [1.29, 1.82) is 0 Å². The summed E-state index contributed by atoms with van der Waals surface area (Å²) in [6.45, 7) is 0.791. The van der Waals surface area contributed by atoms with Crippen LogP contribution in [-0.2, 0) is 6.54 Å². The molecule has 3 heteroatoms. The lowest BCUT2D eigenvalue weighted by Crippen LogP contribution is -1.98. The molecule has 0 atom stereocenters. The molecule has 1 aromatic heterocycles. The fraction of sp³-hybridized carbons (Fsp3) is 0.176. The fourth-order valence-corrected chi connectivity index (χ4v) is 2.28. The second kappa shape index (κ2) is 5.29. The summed E-state index contributed by atoms with van der Waals surface area (Å²) in [7, 11) is 3.36. The summed E-state index contributed by atoms with van der Waals surface area (Å²) in [5.41, 5.74) is 2.37. The Morgan fingerprint density at radius 2 is 1.65 bits per heavy atom. The van der Waals surface area contributed by atoms with E-state index in [0.717, 1.165) is 28.9 Å². The Balaban J connectivity index is 1.90. The molecule has 1 heterocycles. The van der Waals surface area contributed by atoms with Gasteiger partial charge in [0, 0.05) is 17.4 Å². The molecule has 0 aliphatic rings. The Hall–Kier alpha value is -2.42. The Kier molecular flexibility index (Phi) is 3.33. The van der Waals surface area contributed by atoms with Gasteiger partial charge in [-0.15, -0.1) is 0 Å². The molecule has 3 aromatic rings. The van der Waals surface area contributed by atoms with Crippen molar-refractivity contribution < 1.29 is 9.47 Å². The fourth-order valence-electron chi connectivity index (χ4n) is 2.28. The van der Waals surface area contributed by atoms with Crippen LogP contribution in [0.3, 0.4) is 0 Å². The third kappa shape index (κ3) is 2.35. The summed E-state index contributed by atoms with van der Waals surface area (Å²) in [6.07, 6.45) is 3.27. The van der Waals surface area contributed by atoms with Crippen molar-refractivity contribution in [3.63, 3.8) is 0 Å². The van der Waals surface area contributed by atoms with E-state index in [9.17, 15) is 0 Å². The highest BCUT2D eigenvalue weighted by molar-refractivity contribution is 5.81. The maximum atomic E-state index is 5.24. The van der Waals surface area contributed by atoms with Gasteiger partial charge in [0.2, 0.25) is 0 Å². The van der Waals surface area contributed by atoms with Crippen LogP contribution in [0, 0.1) is 6.20 Å². The standard InChI is InChI=1S/C17H16NO2/c1-19-15-5-3-13(4-6-15)12-18-10-9-14-11-16(20-2)7-8-17(14)18/h3-9,11H,12H2,1-2H3. The van der Waals surface area contributed by atoms with Gasteiger partial charge in [0.25, 0.3) is 0 Å². The van der Waals surface area contributed by atoms with Crippen LogP contribution in [0.2, 0.25) is 0 Å². The molecule has 101 valence electrons. The molecule has 1 radical (unpaired) electrons. The van der Waals surface area contributed by atoms with Crippen molar-refractivity contribution in [1.82, 2.24) is 4.57 Å². The molecule has 2 aromatic carbocycles. The molecule has 3 nitrogen and oxygen atoms in total. The van der Waals surface area contributed by atoms with Gasteiger partial charge < -0.3 is 14.0 Å². The summed E-state index contributed by atoms with van der Waals surface area (Å²) >= 11 is 0. The predicted octanol–water partition coefficient (Wildman–Crippen LogP) is 3.51. The van der Waals surface area contributed by atoms with Crippen molar-refractivity contribution in [3.8, 4) is 11.5 Å². The van der Waals surface area contributed by atoms with Crippen LogP contribution >= 0.6 is 0 Å². The van der Waals surface area contributed by atoms with E-state index in [1.165, 1.54) is 5.56 Å². The van der Waals surface area contributed by atoms with Gasteiger partial charge in [-0.3, -0.25) is 0 Å². The number of benzene rings is 2. The average molecular weight is 266 g/mol. The maximum Gasteiger partial charge on any atom is 0.119 e. The van der Waals surface area contributed by atoms with Crippen LogP contribution < -0.4 is 9.47 Å². The number of hydrogen-bond acceptors (Lipinski definition) is 2. The zero-order chi connectivity index (χ0) is 13.9. The van der Waals surface area contributed by atoms with Gasteiger partial charge in [0.15, 0.2) is 0 Å². The van der Waals surface area contributed by atoms with Gasteiger partial charge >= 0.3 is 0 Å². The van der Waals surface area contributed by atoms with E-state index < -0.39 is 0 Å². The monoisotopic (exact) mass is 266 g/mol. The second-order valence-corrected chi connectivity index (χ2v) is 4.63. The summed E-state index contributed by atoms with van der Waals surface area (Å²) in [5, 5.41) is 1.14. The zero-order valence-corrected chi connectivity index (χ0v) is 11.6. The van der Waals surface area contributed by atoms with Crippen molar-refractivity contribution >= 4 is 10.9 Å². The van der Waals surface area contributed by atoms with E-state index in [4.69, 9.17) is 9.47 Å². The lowest BCUT2D eigenvalue weighted by Gasteiger charge is -2.07. The first-order chi connectivity index (χ1) is 9.80. The van der Waals surface area contributed by atoms with Crippen LogP contribution in [-0.4, -0.2) is 18.8 Å². The minimum Gasteiger partial charge on any atom is -0.497 e. The Bertz CT molecular complexity index is 713. The lowest BCUT2D eigenvalue weighted by molar-refractivity contribution is 0.414. The molecule has 3 rings (SSSR count). The number of aromatic nitrogens is 1. The largest absolute Gasteiger partial charge is 0.497 e. The molecule has 0 aliphatic heterocycles. The third-order valence-corrected chi connectivity index (χ3v) is 3.40. The lowest BCUT2D eigenvalue weighted by atomic mass is 10.2. The van der Waals surface area contributed by atoms with E-state index in [1.807, 2.05) is 30.3 Å². The van der Waals surface area contributed by atoms with Crippen molar-refractivity contribution in [2.24, 2.45) is 0 Å². The van der Waals surface area contributed by atoms with Crippen LogP contribution in [0.5, 0.6) is 11.5 Å². The molecule has 0 bridgehead atoms. The quantitative estimate of drug-likeness (QED) is 0.721. The van der Waals surface area contributed by atoms with Gasteiger partial charge in [-0.1, -0.05) is 12.1 Å². The average Bonchev–Trinajstić information content (AvgIpc) is 2.90. The van der Waals surface area contributed by atoms with Gasteiger partial charge in [-0.2, -0.15) is 0 Å². The Morgan fingerprint density at radius 3 is 2.35 bits per heavy atom. The van der Waals surface area contributed by atoms with Crippen LogP contribution in [0.4, 0.5) is 0 Å². The van der Waals surface area contributed by atoms with Crippen LogP contribution in [0.25, 0.3) is 10.9 Å². The SMILES string of the molecule is COc1ccc(Cn2[c]cc3cc(OC)ccc32)cc1. The molecular weight excluding hydrogens is 250 g/mol. The van der Waals surface area contributed by atoms with E-state index in [-0.39, 0.29) is 0 Å². The van der Waals surface area contributed by atoms with E-state index >= 15 is 0 Å².